The summed E-state index contributed by atoms with van der Waals surface area (Å²) in [6.45, 7) is 3.61. The number of thioether (sulfide) groups is 1. The molecule has 0 aliphatic carbocycles. The van der Waals surface area contributed by atoms with Crippen molar-refractivity contribution in [2.45, 2.75) is 24.7 Å². The van der Waals surface area contributed by atoms with E-state index in [1.807, 2.05) is 31.2 Å². The third kappa shape index (κ3) is 3.35. The average molecular weight is 236 g/mol. The van der Waals surface area contributed by atoms with Gasteiger partial charge in [-0.25, -0.2) is 0 Å². The van der Waals surface area contributed by atoms with Crippen LogP contribution in [0, 0.1) is 12.8 Å². The fraction of sp³-hybridized carbons (Fsp3) is 0.462. The largest absolute Gasteiger partial charge is 0.381 e. The molecule has 2 rings (SSSR count). The summed E-state index contributed by atoms with van der Waals surface area (Å²) in [6.07, 6.45) is 1.67. The highest BCUT2D eigenvalue weighted by Crippen LogP contribution is 2.25. The highest BCUT2D eigenvalue weighted by atomic mass is 32.2. The highest BCUT2D eigenvalue weighted by Gasteiger charge is 2.19. The first-order valence-electron chi connectivity index (χ1n) is 5.59. The van der Waals surface area contributed by atoms with Crippen LogP contribution >= 0.6 is 11.8 Å². The minimum atomic E-state index is 0.249. The van der Waals surface area contributed by atoms with Crippen LogP contribution in [0.2, 0.25) is 0 Å². The normalized spacial score (nSPS) is 19.9. The molecule has 0 saturated carbocycles. The van der Waals surface area contributed by atoms with Crippen LogP contribution in [0.5, 0.6) is 0 Å². The van der Waals surface area contributed by atoms with Crippen LogP contribution in [0.15, 0.2) is 29.2 Å². The van der Waals surface area contributed by atoms with Crippen molar-refractivity contribution in [2.75, 3.05) is 13.2 Å². The number of aryl methyl sites for hydroxylation is 1. The Morgan fingerprint density at radius 1 is 1.44 bits per heavy atom. The predicted octanol–water partition coefficient (Wildman–Crippen LogP) is 3.04. The van der Waals surface area contributed by atoms with Crippen LogP contribution in [-0.4, -0.2) is 18.3 Å². The van der Waals surface area contributed by atoms with E-state index in [1.165, 1.54) is 17.3 Å². The van der Waals surface area contributed by atoms with Crippen molar-refractivity contribution in [3.63, 3.8) is 0 Å². The van der Waals surface area contributed by atoms with E-state index in [4.69, 9.17) is 4.74 Å². The molecule has 0 radical (unpaired) electrons. The summed E-state index contributed by atoms with van der Waals surface area (Å²) in [7, 11) is 0. The summed E-state index contributed by atoms with van der Waals surface area (Å²) >= 11 is 1.34. The number of carbonyl (C=O) groups is 1. The molecule has 16 heavy (non-hydrogen) atoms. The summed E-state index contributed by atoms with van der Waals surface area (Å²) in [5, 5.41) is 0.249. The standard InChI is InChI=1S/C13H16O2S/c1-10-2-4-12(5-3-10)16-13(14)8-11-6-7-15-9-11/h2-5,11H,6-9H2,1H3. The number of benzene rings is 1. The molecule has 0 bridgehead atoms. The van der Waals surface area contributed by atoms with Gasteiger partial charge in [0.1, 0.15) is 0 Å². The molecule has 1 aliphatic rings. The lowest BCUT2D eigenvalue weighted by Crippen LogP contribution is -2.05. The van der Waals surface area contributed by atoms with E-state index in [0.29, 0.717) is 12.3 Å². The molecule has 86 valence electrons. The van der Waals surface area contributed by atoms with E-state index in [9.17, 15) is 4.79 Å². The van der Waals surface area contributed by atoms with Crippen molar-refractivity contribution >= 4 is 16.9 Å². The molecule has 1 aliphatic heterocycles. The SMILES string of the molecule is Cc1ccc(SC(=O)CC2CCOC2)cc1. The first-order valence-corrected chi connectivity index (χ1v) is 6.41. The first-order chi connectivity index (χ1) is 7.74. The van der Waals surface area contributed by atoms with Crippen LogP contribution < -0.4 is 0 Å². The average Bonchev–Trinajstić information content (AvgIpc) is 2.74. The minimum absolute atomic E-state index is 0.249. The lowest BCUT2D eigenvalue weighted by molar-refractivity contribution is -0.111. The summed E-state index contributed by atoms with van der Waals surface area (Å²) in [4.78, 5) is 12.8. The van der Waals surface area contributed by atoms with Gasteiger partial charge in [0.15, 0.2) is 5.12 Å². The van der Waals surface area contributed by atoms with E-state index in [1.54, 1.807) is 0 Å². The second-order valence-electron chi connectivity index (χ2n) is 4.22. The van der Waals surface area contributed by atoms with Gasteiger partial charge in [-0.2, -0.15) is 0 Å². The topological polar surface area (TPSA) is 26.3 Å². The Balaban J connectivity index is 1.84. The first kappa shape index (κ1) is 11.7. The minimum Gasteiger partial charge on any atom is -0.381 e. The maximum atomic E-state index is 11.8. The van der Waals surface area contributed by atoms with E-state index in [2.05, 4.69) is 0 Å². The Morgan fingerprint density at radius 3 is 2.81 bits per heavy atom. The quantitative estimate of drug-likeness (QED) is 0.755. The van der Waals surface area contributed by atoms with Gasteiger partial charge < -0.3 is 4.74 Å². The molecule has 0 amide bonds. The van der Waals surface area contributed by atoms with Crippen molar-refractivity contribution in [1.29, 1.82) is 0 Å². The number of ether oxygens (including phenoxy) is 1. The van der Waals surface area contributed by atoms with Crippen molar-refractivity contribution in [1.82, 2.24) is 0 Å². The summed E-state index contributed by atoms with van der Waals surface area (Å²) in [5.74, 6) is 0.436. The van der Waals surface area contributed by atoms with Gasteiger partial charge >= 0.3 is 0 Å². The van der Waals surface area contributed by atoms with Gasteiger partial charge in [0.2, 0.25) is 0 Å². The Kier molecular flexibility index (Phi) is 4.02. The van der Waals surface area contributed by atoms with Crippen molar-refractivity contribution in [3.05, 3.63) is 29.8 Å². The molecule has 0 aromatic heterocycles. The number of hydrogen-bond donors (Lipinski definition) is 0. The van der Waals surface area contributed by atoms with Crippen LogP contribution in [0.3, 0.4) is 0 Å². The smallest absolute Gasteiger partial charge is 0.194 e. The molecule has 1 fully saturated rings. The van der Waals surface area contributed by atoms with Gasteiger partial charge in [-0.15, -0.1) is 0 Å². The third-order valence-electron chi connectivity index (χ3n) is 2.73. The lowest BCUT2D eigenvalue weighted by atomic mass is 10.1. The van der Waals surface area contributed by atoms with Crippen molar-refractivity contribution in [3.8, 4) is 0 Å². The zero-order chi connectivity index (χ0) is 11.4. The Bertz CT molecular complexity index is 353. The summed E-state index contributed by atoms with van der Waals surface area (Å²) < 4.78 is 5.26. The summed E-state index contributed by atoms with van der Waals surface area (Å²) in [6, 6.07) is 8.08. The zero-order valence-electron chi connectivity index (χ0n) is 9.44. The fourth-order valence-electron chi connectivity index (χ4n) is 1.76. The van der Waals surface area contributed by atoms with Crippen LogP contribution in [0.4, 0.5) is 0 Å². The van der Waals surface area contributed by atoms with Gasteiger partial charge in [-0.3, -0.25) is 4.79 Å². The van der Waals surface area contributed by atoms with E-state index >= 15 is 0 Å². The number of rotatable bonds is 3. The van der Waals surface area contributed by atoms with Gasteiger partial charge in [-0.1, -0.05) is 29.5 Å². The molecule has 1 heterocycles. The van der Waals surface area contributed by atoms with Crippen molar-refractivity contribution < 1.29 is 9.53 Å². The fourth-order valence-corrected chi connectivity index (χ4v) is 2.61. The maximum absolute atomic E-state index is 11.8. The molecule has 1 aromatic carbocycles. The van der Waals surface area contributed by atoms with E-state index in [0.717, 1.165) is 24.5 Å². The molecule has 1 atom stereocenters. The van der Waals surface area contributed by atoms with Gasteiger partial charge in [-0.05, 0) is 31.4 Å². The van der Waals surface area contributed by atoms with Crippen LogP contribution in [0.1, 0.15) is 18.4 Å². The maximum Gasteiger partial charge on any atom is 0.194 e. The Hall–Kier alpha value is -0.800. The lowest BCUT2D eigenvalue weighted by Gasteiger charge is -2.05. The van der Waals surface area contributed by atoms with Gasteiger partial charge in [0, 0.05) is 24.5 Å². The monoisotopic (exact) mass is 236 g/mol. The molecule has 0 N–H and O–H groups in total. The Morgan fingerprint density at radius 2 is 2.19 bits per heavy atom. The zero-order valence-corrected chi connectivity index (χ0v) is 10.3. The molecule has 1 saturated heterocycles. The Labute approximate surface area is 100 Å². The van der Waals surface area contributed by atoms with Gasteiger partial charge in [0.05, 0.1) is 0 Å². The predicted molar refractivity (Wildman–Crippen MR) is 65.6 cm³/mol. The van der Waals surface area contributed by atoms with E-state index in [-0.39, 0.29) is 5.12 Å². The molecule has 2 nitrogen and oxygen atoms in total. The third-order valence-corrected chi connectivity index (χ3v) is 3.63. The second kappa shape index (κ2) is 5.51. The molecule has 0 spiro atoms. The highest BCUT2D eigenvalue weighted by molar-refractivity contribution is 8.13. The number of hydrogen-bond acceptors (Lipinski definition) is 3. The van der Waals surface area contributed by atoms with E-state index < -0.39 is 0 Å². The second-order valence-corrected chi connectivity index (χ2v) is 5.35. The number of carbonyl (C=O) groups excluding carboxylic acids is 1. The summed E-state index contributed by atoms with van der Waals surface area (Å²) in [5.41, 5.74) is 1.22. The van der Waals surface area contributed by atoms with Crippen LogP contribution in [-0.2, 0) is 9.53 Å². The molecule has 1 aromatic rings. The van der Waals surface area contributed by atoms with Gasteiger partial charge in [0.25, 0.3) is 0 Å². The van der Waals surface area contributed by atoms with Crippen molar-refractivity contribution in [2.24, 2.45) is 5.92 Å². The molecular weight excluding hydrogens is 220 g/mol. The molecule has 3 heteroatoms. The van der Waals surface area contributed by atoms with Crippen LogP contribution in [0.25, 0.3) is 0 Å². The molecular formula is C13H16O2S. The molecule has 1 unspecified atom stereocenters.